The minimum atomic E-state index is -0.824. The van der Waals surface area contributed by atoms with E-state index in [-0.39, 0.29) is 24.6 Å². The van der Waals surface area contributed by atoms with Crippen molar-refractivity contribution in [2.24, 2.45) is 0 Å². The van der Waals surface area contributed by atoms with Gasteiger partial charge in [-0.05, 0) is 39.5 Å². The normalized spacial score (nSPS) is 18.6. The van der Waals surface area contributed by atoms with Gasteiger partial charge in [0.15, 0.2) is 0 Å². The molecule has 1 rings (SSSR count). The third kappa shape index (κ3) is 6.33. The van der Waals surface area contributed by atoms with Gasteiger partial charge in [0.25, 0.3) is 0 Å². The van der Waals surface area contributed by atoms with Crippen LogP contribution < -0.4 is 0 Å². The summed E-state index contributed by atoms with van der Waals surface area (Å²) in [5, 5.41) is 8.70. The summed E-state index contributed by atoms with van der Waals surface area (Å²) in [5.41, 5.74) is 0. The van der Waals surface area contributed by atoms with Crippen molar-refractivity contribution >= 4 is 12.0 Å². The summed E-state index contributed by atoms with van der Waals surface area (Å²) in [6, 6.07) is 0.00517. The zero-order valence-electron chi connectivity index (χ0n) is 13.4. The minimum Gasteiger partial charge on any atom is -0.481 e. The monoisotopic (exact) mass is 300 g/mol. The van der Waals surface area contributed by atoms with Gasteiger partial charge in [-0.15, -0.1) is 0 Å². The Morgan fingerprint density at radius 1 is 1.33 bits per heavy atom. The van der Waals surface area contributed by atoms with E-state index in [1.165, 1.54) is 0 Å². The van der Waals surface area contributed by atoms with Crippen molar-refractivity contribution in [1.82, 2.24) is 9.80 Å². The lowest BCUT2D eigenvalue weighted by molar-refractivity contribution is -0.137. The number of hydrogen-bond acceptors (Lipinski definition) is 3. The Labute approximate surface area is 127 Å². The molecule has 1 aliphatic rings. The van der Waals surface area contributed by atoms with Gasteiger partial charge in [0.05, 0.1) is 6.10 Å². The molecule has 0 aromatic rings. The Hall–Kier alpha value is -1.30. The average molecular weight is 300 g/mol. The Morgan fingerprint density at radius 3 is 2.57 bits per heavy atom. The van der Waals surface area contributed by atoms with Gasteiger partial charge in [-0.1, -0.05) is 0 Å². The van der Waals surface area contributed by atoms with Gasteiger partial charge >= 0.3 is 12.0 Å². The molecule has 1 heterocycles. The quantitative estimate of drug-likeness (QED) is 0.782. The second kappa shape index (κ2) is 8.87. The Morgan fingerprint density at radius 2 is 2.05 bits per heavy atom. The van der Waals surface area contributed by atoms with E-state index in [1.807, 2.05) is 13.8 Å². The first kappa shape index (κ1) is 17.8. The lowest BCUT2D eigenvalue weighted by Crippen LogP contribution is -2.48. The lowest BCUT2D eigenvalue weighted by atomic mass is 10.1. The standard InChI is InChI=1S/C15H28N2O4/c1-12(2)17(9-6-8-14(18)19)15(20)16(3)11-13-7-4-5-10-21-13/h12-13H,4-11H2,1-3H3,(H,18,19). The second-order valence-electron chi connectivity index (χ2n) is 5.94. The van der Waals surface area contributed by atoms with E-state index < -0.39 is 5.97 Å². The summed E-state index contributed by atoms with van der Waals surface area (Å²) in [7, 11) is 1.78. The number of aliphatic carboxylic acids is 1. The largest absolute Gasteiger partial charge is 0.481 e. The van der Waals surface area contributed by atoms with Crippen LogP contribution in [0, 0.1) is 0 Å². The van der Waals surface area contributed by atoms with E-state index in [2.05, 4.69) is 0 Å². The number of carbonyl (C=O) groups excluding carboxylic acids is 1. The van der Waals surface area contributed by atoms with E-state index in [4.69, 9.17) is 9.84 Å². The van der Waals surface area contributed by atoms with Crippen molar-refractivity contribution < 1.29 is 19.4 Å². The van der Waals surface area contributed by atoms with Crippen LogP contribution in [0.25, 0.3) is 0 Å². The molecule has 0 radical (unpaired) electrons. The van der Waals surface area contributed by atoms with Crippen molar-refractivity contribution in [3.63, 3.8) is 0 Å². The topological polar surface area (TPSA) is 70.1 Å². The number of ether oxygens (including phenoxy) is 1. The molecular formula is C15H28N2O4. The summed E-state index contributed by atoms with van der Waals surface area (Å²) >= 11 is 0. The molecule has 21 heavy (non-hydrogen) atoms. The van der Waals surface area contributed by atoms with E-state index in [0.717, 1.165) is 25.9 Å². The number of carbonyl (C=O) groups is 2. The molecule has 1 unspecified atom stereocenters. The Kier molecular flexibility index (Phi) is 7.50. The molecule has 1 atom stereocenters. The molecule has 2 amide bonds. The molecule has 0 bridgehead atoms. The molecule has 1 fully saturated rings. The first-order valence-corrected chi connectivity index (χ1v) is 7.77. The van der Waals surface area contributed by atoms with Gasteiger partial charge in [-0.3, -0.25) is 4.79 Å². The molecule has 6 nitrogen and oxygen atoms in total. The number of nitrogens with zero attached hydrogens (tertiary/aromatic N) is 2. The molecule has 1 saturated heterocycles. The molecule has 6 heteroatoms. The molecule has 1 aliphatic heterocycles. The highest BCUT2D eigenvalue weighted by Gasteiger charge is 2.24. The summed E-state index contributed by atoms with van der Waals surface area (Å²) < 4.78 is 5.66. The van der Waals surface area contributed by atoms with Crippen molar-refractivity contribution in [2.75, 3.05) is 26.7 Å². The maximum Gasteiger partial charge on any atom is 0.320 e. The highest BCUT2D eigenvalue weighted by atomic mass is 16.5. The van der Waals surface area contributed by atoms with Gasteiger partial charge in [0, 0.05) is 39.2 Å². The van der Waals surface area contributed by atoms with Crippen molar-refractivity contribution in [3.8, 4) is 0 Å². The van der Waals surface area contributed by atoms with Gasteiger partial charge in [0.1, 0.15) is 0 Å². The highest BCUT2D eigenvalue weighted by Crippen LogP contribution is 2.15. The minimum absolute atomic E-state index is 0.0513. The number of hydrogen-bond donors (Lipinski definition) is 1. The van der Waals surface area contributed by atoms with Crippen LogP contribution in [0.5, 0.6) is 0 Å². The zero-order chi connectivity index (χ0) is 15.8. The smallest absolute Gasteiger partial charge is 0.320 e. The fraction of sp³-hybridized carbons (Fsp3) is 0.867. The summed E-state index contributed by atoms with van der Waals surface area (Å²) in [6.45, 7) is 5.74. The molecule has 1 N–H and O–H groups in total. The number of likely N-dealkylation sites (N-methyl/N-ethyl adjacent to an activating group) is 1. The summed E-state index contributed by atoms with van der Waals surface area (Å²) in [4.78, 5) is 26.5. The van der Waals surface area contributed by atoms with Crippen LogP contribution >= 0.6 is 0 Å². The number of carboxylic acid groups (broad SMARTS) is 1. The maximum absolute atomic E-state index is 12.5. The summed E-state index contributed by atoms with van der Waals surface area (Å²) in [5.74, 6) is -0.824. The third-order valence-corrected chi connectivity index (χ3v) is 3.74. The predicted molar refractivity (Wildman–Crippen MR) is 80.3 cm³/mol. The van der Waals surface area contributed by atoms with E-state index in [9.17, 15) is 9.59 Å². The molecule has 0 aliphatic carbocycles. The third-order valence-electron chi connectivity index (χ3n) is 3.74. The fourth-order valence-corrected chi connectivity index (χ4v) is 2.53. The molecular weight excluding hydrogens is 272 g/mol. The van der Waals surface area contributed by atoms with E-state index in [0.29, 0.717) is 19.5 Å². The van der Waals surface area contributed by atoms with E-state index >= 15 is 0 Å². The summed E-state index contributed by atoms with van der Waals surface area (Å²) in [6.07, 6.45) is 3.94. The molecule has 0 aromatic carbocycles. The number of amides is 2. The Bertz CT molecular complexity index is 341. The van der Waals surface area contributed by atoms with Crippen LogP contribution in [0.3, 0.4) is 0 Å². The van der Waals surface area contributed by atoms with Crippen molar-refractivity contribution in [2.45, 2.75) is 58.1 Å². The predicted octanol–water partition coefficient (Wildman–Crippen LogP) is 2.18. The molecule has 0 aromatic heterocycles. The van der Waals surface area contributed by atoms with Crippen LogP contribution in [0.15, 0.2) is 0 Å². The lowest BCUT2D eigenvalue weighted by Gasteiger charge is -2.34. The molecule has 122 valence electrons. The average Bonchev–Trinajstić information content (AvgIpc) is 2.43. The highest BCUT2D eigenvalue weighted by molar-refractivity contribution is 5.74. The first-order chi connectivity index (χ1) is 9.91. The van der Waals surface area contributed by atoms with Gasteiger partial charge < -0.3 is 19.6 Å². The molecule has 0 spiro atoms. The van der Waals surface area contributed by atoms with Crippen molar-refractivity contribution in [3.05, 3.63) is 0 Å². The SMILES string of the molecule is CC(C)N(CCCC(=O)O)C(=O)N(C)CC1CCCCO1. The zero-order valence-corrected chi connectivity index (χ0v) is 13.4. The Balaban J connectivity index is 2.47. The number of rotatable bonds is 7. The fourth-order valence-electron chi connectivity index (χ4n) is 2.53. The van der Waals surface area contributed by atoms with Crippen LogP contribution in [-0.2, 0) is 9.53 Å². The van der Waals surface area contributed by atoms with Crippen molar-refractivity contribution in [1.29, 1.82) is 0 Å². The number of carboxylic acids is 1. The van der Waals surface area contributed by atoms with Gasteiger partial charge in [-0.2, -0.15) is 0 Å². The van der Waals surface area contributed by atoms with Crippen LogP contribution in [-0.4, -0.2) is 65.8 Å². The molecule has 0 saturated carbocycles. The first-order valence-electron chi connectivity index (χ1n) is 7.77. The van der Waals surface area contributed by atoms with Crippen LogP contribution in [0.4, 0.5) is 4.79 Å². The van der Waals surface area contributed by atoms with Crippen LogP contribution in [0.2, 0.25) is 0 Å². The number of urea groups is 1. The van der Waals surface area contributed by atoms with Gasteiger partial charge in [-0.25, -0.2) is 4.79 Å². The van der Waals surface area contributed by atoms with Crippen LogP contribution in [0.1, 0.15) is 46.0 Å². The maximum atomic E-state index is 12.5. The second-order valence-corrected chi connectivity index (χ2v) is 5.94. The van der Waals surface area contributed by atoms with Gasteiger partial charge in [0.2, 0.25) is 0 Å². The van der Waals surface area contributed by atoms with E-state index in [1.54, 1.807) is 16.8 Å².